The lowest BCUT2D eigenvalue weighted by Gasteiger charge is -2.37. The summed E-state index contributed by atoms with van der Waals surface area (Å²) in [6, 6.07) is 6.06. The number of fused-ring (bicyclic) bond motifs is 1. The van der Waals surface area contributed by atoms with Crippen molar-refractivity contribution >= 4 is 5.65 Å². The first kappa shape index (κ1) is 14.0. The summed E-state index contributed by atoms with van der Waals surface area (Å²) in [6.45, 7) is 9.12. The second kappa shape index (κ2) is 5.72. The van der Waals surface area contributed by atoms with E-state index in [2.05, 4.69) is 41.3 Å². The molecule has 2 aromatic heterocycles. The summed E-state index contributed by atoms with van der Waals surface area (Å²) in [7, 11) is 0. The molecule has 0 atom stereocenters. The van der Waals surface area contributed by atoms with Gasteiger partial charge in [-0.3, -0.25) is 4.90 Å². The van der Waals surface area contributed by atoms with Crippen LogP contribution >= 0.6 is 0 Å². The molecule has 0 aliphatic rings. The van der Waals surface area contributed by atoms with E-state index in [1.54, 1.807) is 0 Å². The summed E-state index contributed by atoms with van der Waals surface area (Å²) in [5.74, 6) is 0. The molecule has 2 N–H and O–H groups in total. The summed E-state index contributed by atoms with van der Waals surface area (Å²) in [4.78, 5) is 7.07. The first-order valence-electron chi connectivity index (χ1n) is 6.94. The van der Waals surface area contributed by atoms with Crippen molar-refractivity contribution in [2.75, 3.05) is 13.1 Å². The van der Waals surface area contributed by atoms with Crippen molar-refractivity contribution in [3.8, 4) is 0 Å². The number of nitrogens with two attached hydrogens (primary N) is 1. The molecule has 19 heavy (non-hydrogen) atoms. The SMILES string of the molecule is CCCN(Cc1cn2ccccc2n1)C(C)(C)CN. The highest BCUT2D eigenvalue weighted by atomic mass is 15.2. The summed E-state index contributed by atoms with van der Waals surface area (Å²) in [5, 5.41) is 0. The fraction of sp³-hybridized carbons (Fsp3) is 0.533. The van der Waals surface area contributed by atoms with Crippen molar-refractivity contribution in [2.45, 2.75) is 39.3 Å². The molecule has 4 heteroatoms. The zero-order valence-electron chi connectivity index (χ0n) is 12.1. The van der Waals surface area contributed by atoms with Gasteiger partial charge in [-0.25, -0.2) is 4.98 Å². The third-order valence-electron chi connectivity index (χ3n) is 3.62. The molecule has 2 heterocycles. The van der Waals surface area contributed by atoms with Gasteiger partial charge in [0.15, 0.2) is 0 Å². The Balaban J connectivity index is 2.21. The molecular formula is C15H24N4. The second-order valence-electron chi connectivity index (χ2n) is 5.64. The molecule has 0 fully saturated rings. The molecule has 0 radical (unpaired) electrons. The van der Waals surface area contributed by atoms with Crippen LogP contribution in [0.1, 0.15) is 32.9 Å². The Morgan fingerprint density at radius 3 is 2.79 bits per heavy atom. The van der Waals surface area contributed by atoms with Gasteiger partial charge in [-0.1, -0.05) is 13.0 Å². The highest BCUT2D eigenvalue weighted by Crippen LogP contribution is 2.17. The highest BCUT2D eigenvalue weighted by Gasteiger charge is 2.25. The van der Waals surface area contributed by atoms with Crippen LogP contribution in [0.25, 0.3) is 5.65 Å². The van der Waals surface area contributed by atoms with Gasteiger partial charge in [-0.15, -0.1) is 0 Å². The number of hydrogen-bond donors (Lipinski definition) is 1. The minimum atomic E-state index is 0.00577. The number of imidazole rings is 1. The van der Waals surface area contributed by atoms with Gasteiger partial charge in [-0.05, 0) is 38.9 Å². The van der Waals surface area contributed by atoms with E-state index < -0.39 is 0 Å². The lowest BCUT2D eigenvalue weighted by molar-refractivity contribution is 0.117. The van der Waals surface area contributed by atoms with E-state index in [-0.39, 0.29) is 5.54 Å². The number of pyridine rings is 1. The highest BCUT2D eigenvalue weighted by molar-refractivity contribution is 5.39. The number of rotatable bonds is 6. The van der Waals surface area contributed by atoms with Crippen molar-refractivity contribution < 1.29 is 0 Å². The predicted octanol–water partition coefficient (Wildman–Crippen LogP) is 2.28. The van der Waals surface area contributed by atoms with Crippen LogP contribution < -0.4 is 5.73 Å². The molecule has 104 valence electrons. The molecule has 0 amide bonds. The van der Waals surface area contributed by atoms with Crippen LogP contribution in [0.2, 0.25) is 0 Å². The molecule has 2 rings (SSSR count). The molecule has 0 saturated carbocycles. The topological polar surface area (TPSA) is 46.6 Å². The minimum absolute atomic E-state index is 0.00577. The number of nitrogens with zero attached hydrogens (tertiary/aromatic N) is 3. The summed E-state index contributed by atoms with van der Waals surface area (Å²) in [5.41, 5.74) is 8.00. The van der Waals surface area contributed by atoms with E-state index in [0.717, 1.165) is 30.9 Å². The Morgan fingerprint density at radius 2 is 2.16 bits per heavy atom. The Labute approximate surface area is 115 Å². The van der Waals surface area contributed by atoms with Crippen LogP contribution in [-0.2, 0) is 6.54 Å². The maximum absolute atomic E-state index is 5.90. The van der Waals surface area contributed by atoms with E-state index in [1.165, 1.54) is 0 Å². The minimum Gasteiger partial charge on any atom is -0.329 e. The normalized spacial score (nSPS) is 12.5. The van der Waals surface area contributed by atoms with Crippen LogP contribution in [0.15, 0.2) is 30.6 Å². The fourth-order valence-corrected chi connectivity index (χ4v) is 2.25. The number of aromatic nitrogens is 2. The predicted molar refractivity (Wildman–Crippen MR) is 79.0 cm³/mol. The van der Waals surface area contributed by atoms with Crippen molar-refractivity contribution in [3.63, 3.8) is 0 Å². The molecule has 0 unspecified atom stereocenters. The first-order chi connectivity index (χ1) is 9.06. The molecule has 2 aromatic rings. The largest absolute Gasteiger partial charge is 0.329 e. The Kier molecular flexibility index (Phi) is 4.22. The lowest BCUT2D eigenvalue weighted by Crippen LogP contribution is -2.49. The van der Waals surface area contributed by atoms with E-state index in [4.69, 9.17) is 5.73 Å². The van der Waals surface area contributed by atoms with Gasteiger partial charge in [-0.2, -0.15) is 0 Å². The van der Waals surface area contributed by atoms with Crippen LogP contribution in [0.3, 0.4) is 0 Å². The molecule has 0 spiro atoms. The zero-order chi connectivity index (χ0) is 13.9. The molecule has 0 aliphatic heterocycles. The third-order valence-corrected chi connectivity index (χ3v) is 3.62. The van der Waals surface area contributed by atoms with Gasteiger partial charge in [0.1, 0.15) is 5.65 Å². The lowest BCUT2D eigenvalue weighted by atomic mass is 10.0. The fourth-order valence-electron chi connectivity index (χ4n) is 2.25. The summed E-state index contributed by atoms with van der Waals surface area (Å²) < 4.78 is 2.06. The van der Waals surface area contributed by atoms with Crippen LogP contribution in [0.5, 0.6) is 0 Å². The molecule has 0 aliphatic carbocycles. The Hall–Kier alpha value is -1.39. The van der Waals surface area contributed by atoms with Crippen LogP contribution in [-0.4, -0.2) is 32.9 Å². The van der Waals surface area contributed by atoms with E-state index in [9.17, 15) is 0 Å². The number of hydrogen-bond acceptors (Lipinski definition) is 3. The van der Waals surface area contributed by atoms with Crippen LogP contribution in [0.4, 0.5) is 0 Å². The van der Waals surface area contributed by atoms with Gasteiger partial charge in [0.2, 0.25) is 0 Å². The Bertz CT molecular complexity index is 497. The average Bonchev–Trinajstić information content (AvgIpc) is 2.80. The van der Waals surface area contributed by atoms with E-state index in [1.807, 2.05) is 24.4 Å². The molecule has 0 aromatic carbocycles. The second-order valence-corrected chi connectivity index (χ2v) is 5.64. The third kappa shape index (κ3) is 3.14. The standard InChI is InChI=1S/C15H24N4/c1-4-8-19(15(2,3)12-16)11-13-10-18-9-6-5-7-14(18)17-13/h5-7,9-10H,4,8,11-12,16H2,1-3H3. The zero-order valence-corrected chi connectivity index (χ0v) is 12.1. The van der Waals surface area contributed by atoms with Gasteiger partial charge >= 0.3 is 0 Å². The molecule has 0 saturated heterocycles. The van der Waals surface area contributed by atoms with Gasteiger partial charge in [0, 0.05) is 31.0 Å². The van der Waals surface area contributed by atoms with Crippen molar-refractivity contribution in [3.05, 3.63) is 36.3 Å². The smallest absolute Gasteiger partial charge is 0.137 e. The van der Waals surface area contributed by atoms with Crippen LogP contribution in [0, 0.1) is 0 Å². The first-order valence-corrected chi connectivity index (χ1v) is 6.94. The van der Waals surface area contributed by atoms with Crippen molar-refractivity contribution in [2.24, 2.45) is 5.73 Å². The maximum Gasteiger partial charge on any atom is 0.137 e. The quantitative estimate of drug-likeness (QED) is 0.867. The van der Waals surface area contributed by atoms with Gasteiger partial charge in [0.05, 0.1) is 5.69 Å². The van der Waals surface area contributed by atoms with Gasteiger partial charge < -0.3 is 10.1 Å². The maximum atomic E-state index is 5.90. The van der Waals surface area contributed by atoms with E-state index in [0.29, 0.717) is 6.54 Å². The summed E-state index contributed by atoms with van der Waals surface area (Å²) in [6.07, 6.45) is 5.26. The average molecular weight is 260 g/mol. The van der Waals surface area contributed by atoms with Gasteiger partial charge in [0.25, 0.3) is 0 Å². The summed E-state index contributed by atoms with van der Waals surface area (Å²) >= 11 is 0. The van der Waals surface area contributed by atoms with E-state index >= 15 is 0 Å². The molecular weight excluding hydrogens is 236 g/mol. The monoisotopic (exact) mass is 260 g/mol. The van der Waals surface area contributed by atoms with Crippen molar-refractivity contribution in [1.29, 1.82) is 0 Å². The van der Waals surface area contributed by atoms with Crippen molar-refractivity contribution in [1.82, 2.24) is 14.3 Å². The Morgan fingerprint density at radius 1 is 1.37 bits per heavy atom. The molecule has 0 bridgehead atoms. The molecule has 4 nitrogen and oxygen atoms in total.